The van der Waals surface area contributed by atoms with Gasteiger partial charge in [0, 0.05) is 31.7 Å². The molecule has 2 heterocycles. The van der Waals surface area contributed by atoms with Crippen molar-refractivity contribution in [2.24, 2.45) is 0 Å². The highest BCUT2D eigenvalue weighted by Crippen LogP contribution is 2.35. The van der Waals surface area contributed by atoms with E-state index in [0.29, 0.717) is 22.9 Å². The average Bonchev–Trinajstić information content (AvgIpc) is 2.62. The summed E-state index contributed by atoms with van der Waals surface area (Å²) in [7, 11) is 5.35. The Morgan fingerprint density at radius 2 is 1.71 bits per heavy atom. The molecule has 0 atom stereocenters. The summed E-state index contributed by atoms with van der Waals surface area (Å²) in [6.07, 6.45) is 1.57. The van der Waals surface area contributed by atoms with Gasteiger partial charge < -0.3 is 25.0 Å². The van der Waals surface area contributed by atoms with Gasteiger partial charge in [-0.1, -0.05) is 0 Å². The number of anilines is 2. The standard InChI is InChI=1S/C17H23N5O2/c1-21-6-8-22(9-7-21)17-15(18)16(19-11-20-17)12-4-5-13(23-2)14(10-12)24-3/h4-5,10-11H,6-9,18H2,1-3H3. The van der Waals surface area contributed by atoms with Gasteiger partial charge in [-0.3, -0.25) is 0 Å². The Hall–Kier alpha value is -2.54. The van der Waals surface area contributed by atoms with Crippen LogP contribution in [-0.4, -0.2) is 62.3 Å². The maximum Gasteiger partial charge on any atom is 0.161 e. The van der Waals surface area contributed by atoms with Crippen LogP contribution in [0.2, 0.25) is 0 Å². The van der Waals surface area contributed by atoms with E-state index < -0.39 is 0 Å². The van der Waals surface area contributed by atoms with Crippen LogP contribution in [0, 0.1) is 0 Å². The van der Waals surface area contributed by atoms with E-state index >= 15 is 0 Å². The molecule has 7 heteroatoms. The summed E-state index contributed by atoms with van der Waals surface area (Å²) in [4.78, 5) is 13.3. The predicted molar refractivity (Wildman–Crippen MR) is 94.7 cm³/mol. The zero-order chi connectivity index (χ0) is 17.1. The third-order valence-electron chi connectivity index (χ3n) is 4.32. The van der Waals surface area contributed by atoms with E-state index in [2.05, 4.69) is 26.8 Å². The van der Waals surface area contributed by atoms with Gasteiger partial charge in [0.2, 0.25) is 0 Å². The number of nitrogens with zero attached hydrogens (tertiary/aromatic N) is 4. The molecular formula is C17H23N5O2. The van der Waals surface area contributed by atoms with Crippen LogP contribution < -0.4 is 20.1 Å². The molecule has 3 rings (SSSR count). The largest absolute Gasteiger partial charge is 0.493 e. The number of likely N-dealkylation sites (N-methyl/N-ethyl adjacent to an activating group) is 1. The van der Waals surface area contributed by atoms with Crippen molar-refractivity contribution in [2.45, 2.75) is 0 Å². The van der Waals surface area contributed by atoms with E-state index in [0.717, 1.165) is 37.6 Å². The van der Waals surface area contributed by atoms with Crippen LogP contribution in [0.15, 0.2) is 24.5 Å². The number of nitrogens with two attached hydrogens (primary N) is 1. The van der Waals surface area contributed by atoms with E-state index in [-0.39, 0.29) is 0 Å². The van der Waals surface area contributed by atoms with E-state index in [1.807, 2.05) is 18.2 Å². The summed E-state index contributed by atoms with van der Waals surface area (Å²) < 4.78 is 10.7. The molecule has 1 aromatic heterocycles. The van der Waals surface area contributed by atoms with Crippen LogP contribution in [-0.2, 0) is 0 Å². The zero-order valence-corrected chi connectivity index (χ0v) is 14.3. The molecule has 0 amide bonds. The fourth-order valence-corrected chi connectivity index (χ4v) is 2.87. The molecular weight excluding hydrogens is 306 g/mol. The van der Waals surface area contributed by atoms with E-state index in [4.69, 9.17) is 15.2 Å². The lowest BCUT2D eigenvalue weighted by atomic mass is 10.1. The van der Waals surface area contributed by atoms with Crippen LogP contribution in [0.5, 0.6) is 11.5 Å². The van der Waals surface area contributed by atoms with Crippen molar-refractivity contribution in [3.05, 3.63) is 24.5 Å². The van der Waals surface area contributed by atoms with Gasteiger partial charge in [0.05, 0.1) is 19.9 Å². The van der Waals surface area contributed by atoms with Gasteiger partial charge in [0.15, 0.2) is 17.3 Å². The lowest BCUT2D eigenvalue weighted by molar-refractivity contribution is 0.312. The first-order chi connectivity index (χ1) is 11.6. The smallest absolute Gasteiger partial charge is 0.161 e. The Balaban J connectivity index is 1.96. The van der Waals surface area contributed by atoms with Gasteiger partial charge >= 0.3 is 0 Å². The molecule has 128 valence electrons. The van der Waals surface area contributed by atoms with Crippen LogP contribution in [0.1, 0.15) is 0 Å². The van der Waals surface area contributed by atoms with Crippen LogP contribution in [0.4, 0.5) is 11.5 Å². The van der Waals surface area contributed by atoms with Crippen molar-refractivity contribution in [1.82, 2.24) is 14.9 Å². The first kappa shape index (κ1) is 16.3. The maximum absolute atomic E-state index is 6.39. The van der Waals surface area contributed by atoms with Crippen molar-refractivity contribution in [2.75, 3.05) is 58.1 Å². The molecule has 1 aliphatic heterocycles. The number of rotatable bonds is 4. The van der Waals surface area contributed by atoms with Gasteiger partial charge in [-0.25, -0.2) is 9.97 Å². The Bertz CT molecular complexity index is 714. The number of benzene rings is 1. The highest BCUT2D eigenvalue weighted by molar-refractivity contribution is 5.81. The van der Waals surface area contributed by atoms with Crippen LogP contribution in [0.25, 0.3) is 11.3 Å². The summed E-state index contributed by atoms with van der Waals surface area (Å²) in [6, 6.07) is 5.66. The molecule has 7 nitrogen and oxygen atoms in total. The van der Waals surface area contributed by atoms with Gasteiger partial charge in [-0.05, 0) is 25.2 Å². The molecule has 0 unspecified atom stereocenters. The zero-order valence-electron chi connectivity index (χ0n) is 14.3. The average molecular weight is 329 g/mol. The summed E-state index contributed by atoms with van der Waals surface area (Å²) in [5.74, 6) is 2.12. The molecule has 24 heavy (non-hydrogen) atoms. The Morgan fingerprint density at radius 1 is 1.00 bits per heavy atom. The van der Waals surface area contributed by atoms with Gasteiger partial charge in [0.1, 0.15) is 12.0 Å². The fourth-order valence-electron chi connectivity index (χ4n) is 2.87. The van der Waals surface area contributed by atoms with Gasteiger partial charge in [-0.2, -0.15) is 0 Å². The maximum atomic E-state index is 6.39. The second-order valence-corrected chi connectivity index (χ2v) is 5.82. The minimum absolute atomic E-state index is 0.592. The Morgan fingerprint density at radius 3 is 2.38 bits per heavy atom. The molecule has 0 saturated carbocycles. The first-order valence-corrected chi connectivity index (χ1v) is 7.90. The van der Waals surface area contributed by atoms with Crippen LogP contribution in [0.3, 0.4) is 0 Å². The monoisotopic (exact) mass is 329 g/mol. The number of aromatic nitrogens is 2. The molecule has 1 saturated heterocycles. The summed E-state index contributed by atoms with van der Waals surface area (Å²) in [5.41, 5.74) is 8.57. The minimum Gasteiger partial charge on any atom is -0.493 e. The molecule has 1 aliphatic rings. The number of nitrogen functional groups attached to an aromatic ring is 1. The van der Waals surface area contributed by atoms with Crippen molar-refractivity contribution < 1.29 is 9.47 Å². The second kappa shape index (κ2) is 6.92. The van der Waals surface area contributed by atoms with E-state index in [1.165, 1.54) is 0 Å². The number of piperazine rings is 1. The Labute approximate surface area is 142 Å². The lowest BCUT2D eigenvalue weighted by Crippen LogP contribution is -2.45. The minimum atomic E-state index is 0.592. The topological polar surface area (TPSA) is 76.7 Å². The van der Waals surface area contributed by atoms with Crippen molar-refractivity contribution >= 4 is 11.5 Å². The van der Waals surface area contributed by atoms with Crippen molar-refractivity contribution in [1.29, 1.82) is 0 Å². The number of ether oxygens (including phenoxy) is 2. The van der Waals surface area contributed by atoms with Crippen molar-refractivity contribution in [3.63, 3.8) is 0 Å². The number of methoxy groups -OCH3 is 2. The highest BCUT2D eigenvalue weighted by atomic mass is 16.5. The quantitative estimate of drug-likeness (QED) is 0.910. The third kappa shape index (κ3) is 3.07. The summed E-state index contributed by atoms with van der Waals surface area (Å²) in [5, 5.41) is 0. The molecule has 2 N–H and O–H groups in total. The molecule has 0 aliphatic carbocycles. The van der Waals surface area contributed by atoms with Crippen LogP contribution >= 0.6 is 0 Å². The highest BCUT2D eigenvalue weighted by Gasteiger charge is 2.20. The molecule has 1 fully saturated rings. The summed E-state index contributed by atoms with van der Waals surface area (Å²) >= 11 is 0. The molecule has 0 spiro atoms. The van der Waals surface area contributed by atoms with Crippen molar-refractivity contribution in [3.8, 4) is 22.8 Å². The third-order valence-corrected chi connectivity index (χ3v) is 4.32. The summed E-state index contributed by atoms with van der Waals surface area (Å²) in [6.45, 7) is 3.80. The predicted octanol–water partition coefficient (Wildman–Crippen LogP) is 1.49. The second-order valence-electron chi connectivity index (χ2n) is 5.82. The molecule has 0 radical (unpaired) electrons. The SMILES string of the molecule is COc1ccc(-c2ncnc(N3CCN(C)CC3)c2N)cc1OC. The first-order valence-electron chi connectivity index (χ1n) is 7.90. The molecule has 2 aromatic rings. The number of hydrogen-bond acceptors (Lipinski definition) is 7. The van der Waals surface area contributed by atoms with Gasteiger partial charge in [-0.15, -0.1) is 0 Å². The Kier molecular flexibility index (Phi) is 4.71. The molecule has 0 bridgehead atoms. The molecule has 1 aromatic carbocycles. The fraction of sp³-hybridized carbons (Fsp3) is 0.412. The normalized spacial score (nSPS) is 15.4. The van der Waals surface area contributed by atoms with E-state index in [9.17, 15) is 0 Å². The van der Waals surface area contributed by atoms with Gasteiger partial charge in [0.25, 0.3) is 0 Å². The number of hydrogen-bond donors (Lipinski definition) is 1. The van der Waals surface area contributed by atoms with E-state index in [1.54, 1.807) is 20.5 Å². The lowest BCUT2D eigenvalue weighted by Gasteiger charge is -2.33.